The summed E-state index contributed by atoms with van der Waals surface area (Å²) >= 11 is 3.33. The first kappa shape index (κ1) is 18.9. The Morgan fingerprint density at radius 3 is 1.83 bits per heavy atom. The number of nitro groups is 3. The van der Waals surface area contributed by atoms with Gasteiger partial charge in [-0.25, -0.2) is 0 Å². The molecule has 0 aliphatic heterocycles. The molecule has 126 valence electrons. The fourth-order valence-corrected chi connectivity index (χ4v) is 1.69. The number of hydrogen-bond acceptors (Lipinski definition) is 8. The van der Waals surface area contributed by atoms with Crippen LogP contribution in [-0.4, -0.2) is 24.9 Å². The van der Waals surface area contributed by atoms with Crippen LogP contribution in [0.1, 0.15) is 5.69 Å². The van der Waals surface area contributed by atoms with Crippen molar-refractivity contribution >= 4 is 33.0 Å². The molecule has 24 heavy (non-hydrogen) atoms. The maximum Gasteiger partial charge on any atom is 0.324 e. The van der Waals surface area contributed by atoms with Crippen molar-refractivity contribution in [2.24, 2.45) is 0 Å². The Kier molecular flexibility index (Phi) is 6.23. The number of hydrogen-bond donors (Lipinski definition) is 1. The summed E-state index contributed by atoms with van der Waals surface area (Å²) in [6.45, 7) is 1.96. The number of pyridine rings is 1. The summed E-state index contributed by atoms with van der Waals surface area (Å²) in [5, 5.41) is 40.2. The van der Waals surface area contributed by atoms with Crippen LogP contribution in [0.3, 0.4) is 0 Å². The summed E-state index contributed by atoms with van der Waals surface area (Å²) in [7, 11) is 0. The van der Waals surface area contributed by atoms with E-state index in [1.807, 2.05) is 19.1 Å². The molecule has 0 aliphatic rings. The van der Waals surface area contributed by atoms with Crippen molar-refractivity contribution in [1.29, 1.82) is 0 Å². The molecule has 1 heterocycles. The van der Waals surface area contributed by atoms with Crippen molar-refractivity contribution < 1.29 is 19.9 Å². The molecule has 0 amide bonds. The van der Waals surface area contributed by atoms with Gasteiger partial charge in [-0.2, -0.15) is 0 Å². The van der Waals surface area contributed by atoms with Crippen LogP contribution in [-0.2, 0) is 0 Å². The Morgan fingerprint density at radius 1 is 1.04 bits per heavy atom. The van der Waals surface area contributed by atoms with Crippen LogP contribution in [0.2, 0.25) is 0 Å². The average Bonchev–Trinajstić information content (AvgIpc) is 2.50. The summed E-state index contributed by atoms with van der Waals surface area (Å²) in [5.74, 6) is -1.21. The van der Waals surface area contributed by atoms with Crippen molar-refractivity contribution in [1.82, 2.24) is 4.98 Å². The van der Waals surface area contributed by atoms with Gasteiger partial charge in [-0.15, -0.1) is 0 Å². The molecule has 0 unspecified atom stereocenters. The second-order valence-corrected chi connectivity index (χ2v) is 5.03. The summed E-state index contributed by atoms with van der Waals surface area (Å²) in [6.07, 6.45) is 1.78. The molecular formula is C12H9BrN4O7. The lowest BCUT2D eigenvalue weighted by Gasteiger charge is -1.97. The van der Waals surface area contributed by atoms with Gasteiger partial charge in [0, 0.05) is 10.7 Å². The maximum absolute atomic E-state index is 10.4. The monoisotopic (exact) mass is 400 g/mol. The lowest BCUT2D eigenvalue weighted by molar-refractivity contribution is -0.404. The lowest BCUT2D eigenvalue weighted by atomic mass is 10.2. The number of benzene rings is 1. The minimum absolute atomic E-state index is 0.447. The van der Waals surface area contributed by atoms with E-state index in [-0.39, 0.29) is 0 Å². The van der Waals surface area contributed by atoms with E-state index in [1.165, 1.54) is 0 Å². The first-order valence-electron chi connectivity index (χ1n) is 6.02. The predicted octanol–water partition coefficient (Wildman–Crippen LogP) is 3.27. The molecule has 0 saturated heterocycles. The van der Waals surface area contributed by atoms with Crippen LogP contribution in [0.25, 0.3) is 0 Å². The van der Waals surface area contributed by atoms with E-state index in [1.54, 1.807) is 6.20 Å². The van der Waals surface area contributed by atoms with E-state index in [4.69, 9.17) is 5.11 Å². The maximum atomic E-state index is 10.4. The zero-order valence-electron chi connectivity index (χ0n) is 12.0. The quantitative estimate of drug-likeness (QED) is 0.605. The second kappa shape index (κ2) is 7.92. The molecule has 12 heteroatoms. The first-order valence-corrected chi connectivity index (χ1v) is 6.81. The minimum atomic E-state index is -1.21. The van der Waals surface area contributed by atoms with Crippen LogP contribution < -0.4 is 0 Å². The van der Waals surface area contributed by atoms with E-state index in [2.05, 4.69) is 20.9 Å². The molecule has 0 radical (unpaired) electrons. The highest BCUT2D eigenvalue weighted by atomic mass is 79.9. The Hall–Kier alpha value is -3.15. The molecule has 0 spiro atoms. The van der Waals surface area contributed by atoms with Gasteiger partial charge in [0.15, 0.2) is 0 Å². The number of phenolic OH excluding ortho intramolecular Hbond substituents is 1. The third kappa shape index (κ3) is 4.67. The van der Waals surface area contributed by atoms with Crippen LogP contribution in [0.5, 0.6) is 5.75 Å². The van der Waals surface area contributed by atoms with Crippen LogP contribution in [0.4, 0.5) is 17.1 Å². The number of nitrogens with zero attached hydrogens (tertiary/aromatic N) is 4. The predicted molar refractivity (Wildman–Crippen MR) is 84.7 cm³/mol. The highest BCUT2D eigenvalue weighted by Crippen LogP contribution is 2.38. The highest BCUT2D eigenvalue weighted by Gasteiger charge is 2.30. The topological polar surface area (TPSA) is 163 Å². The Balaban J connectivity index is 0.000000300. The molecule has 0 aliphatic carbocycles. The Bertz CT molecular complexity index is 756. The molecule has 2 aromatic rings. The largest absolute Gasteiger partial charge is 0.497 e. The number of aromatic hydroxyl groups is 1. The smallest absolute Gasteiger partial charge is 0.324 e. The number of nitro benzene ring substituents is 3. The SMILES string of the molecule is Cc1ncccc1Br.O=[N+]([O-])c1cc([N+](=O)[O-])c(O)c([N+](=O)[O-])c1. The number of rotatable bonds is 3. The van der Waals surface area contributed by atoms with Gasteiger partial charge in [0.2, 0.25) is 0 Å². The summed E-state index contributed by atoms with van der Waals surface area (Å²) in [4.78, 5) is 31.8. The van der Waals surface area contributed by atoms with Gasteiger partial charge in [0.25, 0.3) is 11.4 Å². The van der Waals surface area contributed by atoms with Crippen LogP contribution in [0, 0.1) is 37.3 Å². The van der Waals surface area contributed by atoms with Gasteiger partial charge in [-0.3, -0.25) is 35.3 Å². The molecule has 11 nitrogen and oxygen atoms in total. The number of aryl methyl sites for hydroxylation is 1. The van der Waals surface area contributed by atoms with Crippen molar-refractivity contribution in [3.63, 3.8) is 0 Å². The molecule has 0 bridgehead atoms. The minimum Gasteiger partial charge on any atom is -0.497 e. The van der Waals surface area contributed by atoms with Gasteiger partial charge in [0.05, 0.1) is 32.6 Å². The Labute approximate surface area is 142 Å². The number of phenols is 1. The summed E-state index contributed by atoms with van der Waals surface area (Å²) < 4.78 is 1.07. The van der Waals surface area contributed by atoms with Gasteiger partial charge in [0.1, 0.15) is 0 Å². The van der Waals surface area contributed by atoms with Crippen molar-refractivity contribution in [3.8, 4) is 5.75 Å². The molecule has 0 fully saturated rings. The van der Waals surface area contributed by atoms with Crippen molar-refractivity contribution in [2.75, 3.05) is 0 Å². The molecule has 0 atom stereocenters. The molecule has 1 aromatic heterocycles. The van der Waals surface area contributed by atoms with E-state index in [0.29, 0.717) is 12.1 Å². The lowest BCUT2D eigenvalue weighted by Crippen LogP contribution is -1.97. The molecular weight excluding hydrogens is 392 g/mol. The molecule has 1 aromatic carbocycles. The number of non-ortho nitro benzene ring substituents is 1. The van der Waals surface area contributed by atoms with E-state index >= 15 is 0 Å². The zero-order valence-corrected chi connectivity index (χ0v) is 13.5. The van der Waals surface area contributed by atoms with E-state index < -0.39 is 37.6 Å². The standard InChI is InChI=1S/C6H6BrN.C6H3N3O7/c1-5-6(7)3-2-4-8-5;10-6-4(8(13)14)1-3(7(11)12)2-5(6)9(15)16/h2-4H,1H3;1-2,10H. The van der Waals surface area contributed by atoms with Crippen molar-refractivity contribution in [3.05, 3.63) is 71.0 Å². The van der Waals surface area contributed by atoms with Gasteiger partial charge >= 0.3 is 11.4 Å². The van der Waals surface area contributed by atoms with Gasteiger partial charge in [-0.1, -0.05) is 0 Å². The fourth-order valence-electron chi connectivity index (χ4n) is 1.44. The third-order valence-corrected chi connectivity index (χ3v) is 3.44. The van der Waals surface area contributed by atoms with Gasteiger partial charge < -0.3 is 5.11 Å². The highest BCUT2D eigenvalue weighted by molar-refractivity contribution is 9.10. The number of aromatic nitrogens is 1. The van der Waals surface area contributed by atoms with Gasteiger partial charge in [-0.05, 0) is 35.0 Å². The molecule has 1 N–H and O–H groups in total. The summed E-state index contributed by atoms with van der Waals surface area (Å²) in [5.41, 5.74) is -1.97. The normalized spacial score (nSPS) is 9.58. The first-order chi connectivity index (χ1) is 11.1. The van der Waals surface area contributed by atoms with Crippen LogP contribution >= 0.6 is 15.9 Å². The average molecular weight is 401 g/mol. The Morgan fingerprint density at radius 2 is 1.54 bits per heavy atom. The third-order valence-electron chi connectivity index (χ3n) is 2.60. The number of halogens is 1. The molecule has 2 rings (SSSR count). The van der Waals surface area contributed by atoms with E-state index in [0.717, 1.165) is 10.2 Å². The second-order valence-electron chi connectivity index (χ2n) is 4.17. The summed E-state index contributed by atoms with van der Waals surface area (Å²) in [6, 6.07) is 4.77. The van der Waals surface area contributed by atoms with E-state index in [9.17, 15) is 30.3 Å². The van der Waals surface area contributed by atoms with Crippen LogP contribution in [0.15, 0.2) is 34.9 Å². The fraction of sp³-hybridized carbons (Fsp3) is 0.0833. The molecule has 0 saturated carbocycles. The van der Waals surface area contributed by atoms with Crippen molar-refractivity contribution in [2.45, 2.75) is 6.92 Å². The zero-order chi connectivity index (χ0) is 18.4.